The fourth-order valence-corrected chi connectivity index (χ4v) is 2.80. The van der Waals surface area contributed by atoms with E-state index in [1.165, 1.54) is 12.3 Å². The number of aromatic amines is 1. The Labute approximate surface area is 127 Å². The van der Waals surface area contributed by atoms with Gasteiger partial charge in [-0.05, 0) is 25.1 Å². The predicted molar refractivity (Wildman–Crippen MR) is 81.5 cm³/mol. The fourth-order valence-electron chi connectivity index (χ4n) is 1.59. The van der Waals surface area contributed by atoms with E-state index in [-0.39, 0.29) is 17.3 Å². The van der Waals surface area contributed by atoms with Crippen molar-refractivity contribution in [1.29, 1.82) is 0 Å². The summed E-state index contributed by atoms with van der Waals surface area (Å²) in [4.78, 5) is 6.53. The van der Waals surface area contributed by atoms with Crippen LogP contribution in [-0.2, 0) is 10.0 Å². The zero-order chi connectivity index (χ0) is 15.5. The van der Waals surface area contributed by atoms with Gasteiger partial charge in [0.1, 0.15) is 5.82 Å². The van der Waals surface area contributed by atoms with E-state index in [4.69, 9.17) is 17.3 Å². The summed E-state index contributed by atoms with van der Waals surface area (Å²) in [6.07, 6.45) is 1.24. The van der Waals surface area contributed by atoms with Crippen molar-refractivity contribution in [1.82, 2.24) is 9.97 Å². The number of hydrogen-bond donors (Lipinski definition) is 3. The molecule has 0 aliphatic heterocycles. The smallest absolute Gasteiger partial charge is 0.279 e. The minimum atomic E-state index is -3.78. The molecule has 0 amide bonds. The third-order valence-electron chi connectivity index (χ3n) is 2.52. The molecule has 1 aromatic heterocycles. The van der Waals surface area contributed by atoms with E-state index in [9.17, 15) is 8.42 Å². The van der Waals surface area contributed by atoms with Crippen LogP contribution in [-0.4, -0.2) is 24.9 Å². The van der Waals surface area contributed by atoms with Crippen molar-refractivity contribution in [3.8, 4) is 11.8 Å². The summed E-state index contributed by atoms with van der Waals surface area (Å²) in [6, 6.07) is 4.74. The zero-order valence-electron chi connectivity index (χ0n) is 11.1. The topological polar surface area (TPSA) is 101 Å². The Morgan fingerprint density at radius 3 is 2.86 bits per heavy atom. The number of halogens is 1. The molecule has 4 N–H and O–H groups in total. The molecule has 0 aliphatic rings. The molecule has 110 valence electrons. The molecule has 8 heteroatoms. The molecule has 0 saturated carbocycles. The lowest BCUT2D eigenvalue weighted by atomic mass is 10.2. The maximum Gasteiger partial charge on any atom is 0.279 e. The third-order valence-corrected chi connectivity index (χ3v) is 4.03. The highest BCUT2D eigenvalue weighted by Gasteiger charge is 2.18. The van der Waals surface area contributed by atoms with Gasteiger partial charge in [-0.2, -0.15) is 8.42 Å². The largest absolute Gasteiger partial charge is 0.332 e. The molecule has 1 aromatic carbocycles. The number of nitrogens with one attached hydrogen (secondary N) is 2. The van der Waals surface area contributed by atoms with Gasteiger partial charge >= 0.3 is 0 Å². The lowest BCUT2D eigenvalue weighted by Crippen LogP contribution is -2.14. The molecule has 0 aliphatic carbocycles. The molecule has 0 unspecified atom stereocenters. The quantitative estimate of drug-likeness (QED) is 0.744. The second-order valence-electron chi connectivity index (χ2n) is 4.13. The highest BCUT2D eigenvalue weighted by atomic mass is 35.5. The Morgan fingerprint density at radius 2 is 2.24 bits per heavy atom. The predicted octanol–water partition coefficient (Wildman–Crippen LogP) is 1.48. The molecule has 0 radical (unpaired) electrons. The van der Waals surface area contributed by atoms with Crippen LogP contribution in [0, 0.1) is 18.8 Å². The molecule has 0 bridgehead atoms. The van der Waals surface area contributed by atoms with E-state index in [1.807, 2.05) is 0 Å². The summed E-state index contributed by atoms with van der Waals surface area (Å²) in [5, 5.41) is 0.365. The van der Waals surface area contributed by atoms with Crippen molar-refractivity contribution in [3.63, 3.8) is 0 Å². The fraction of sp³-hybridized carbons (Fsp3) is 0.154. The van der Waals surface area contributed by atoms with Crippen molar-refractivity contribution < 1.29 is 8.42 Å². The Kier molecular flexibility index (Phi) is 4.53. The van der Waals surface area contributed by atoms with E-state index in [0.717, 1.165) is 0 Å². The SMILES string of the molecule is Cc1ncc(S(=O)(=O)Nc2cc(Cl)ccc2C#CCN)[nH]1. The van der Waals surface area contributed by atoms with E-state index in [0.29, 0.717) is 16.4 Å². The molecule has 6 nitrogen and oxygen atoms in total. The second-order valence-corrected chi connectivity index (χ2v) is 6.22. The number of hydrogen-bond acceptors (Lipinski definition) is 4. The summed E-state index contributed by atoms with van der Waals surface area (Å²) in [5.41, 5.74) is 6.10. The zero-order valence-corrected chi connectivity index (χ0v) is 12.7. The first-order valence-corrected chi connectivity index (χ1v) is 7.81. The van der Waals surface area contributed by atoms with E-state index in [2.05, 4.69) is 26.5 Å². The monoisotopic (exact) mass is 324 g/mol. The number of aromatic nitrogens is 2. The first-order chi connectivity index (χ1) is 9.92. The van der Waals surface area contributed by atoms with Crippen LogP contribution >= 0.6 is 11.6 Å². The molecule has 0 atom stereocenters. The highest BCUT2D eigenvalue weighted by Crippen LogP contribution is 2.23. The molecule has 1 heterocycles. The van der Waals surface area contributed by atoms with Crippen molar-refractivity contribution in [3.05, 3.63) is 40.8 Å². The summed E-state index contributed by atoms with van der Waals surface area (Å²) in [6.45, 7) is 1.84. The summed E-state index contributed by atoms with van der Waals surface area (Å²) >= 11 is 5.90. The Hall–Kier alpha value is -2.01. The molecule has 21 heavy (non-hydrogen) atoms. The van der Waals surface area contributed by atoms with Crippen molar-refractivity contribution in [2.24, 2.45) is 5.73 Å². The number of H-pyrrole nitrogens is 1. The highest BCUT2D eigenvalue weighted by molar-refractivity contribution is 7.92. The number of nitrogens with two attached hydrogens (primary N) is 1. The minimum Gasteiger partial charge on any atom is -0.332 e. The second kappa shape index (κ2) is 6.18. The molecule has 0 spiro atoms. The Bertz CT molecular complexity index is 818. The van der Waals surface area contributed by atoms with Crippen molar-refractivity contribution in [2.75, 3.05) is 11.3 Å². The third kappa shape index (κ3) is 3.76. The molecular weight excluding hydrogens is 312 g/mol. The van der Waals surface area contributed by atoms with Crippen LogP contribution < -0.4 is 10.5 Å². The van der Waals surface area contributed by atoms with Gasteiger partial charge in [-0.25, -0.2) is 4.98 Å². The average molecular weight is 325 g/mol. The lowest BCUT2D eigenvalue weighted by molar-refractivity contribution is 0.598. The molecular formula is C13H13ClN4O2S. The van der Waals surface area contributed by atoms with Crippen LogP contribution in [0.3, 0.4) is 0 Å². The maximum atomic E-state index is 12.3. The van der Waals surface area contributed by atoms with E-state index in [1.54, 1.807) is 19.1 Å². The number of rotatable bonds is 3. The first-order valence-electron chi connectivity index (χ1n) is 5.95. The van der Waals surface area contributed by atoms with Gasteiger partial charge in [-0.3, -0.25) is 4.72 Å². The summed E-state index contributed by atoms with van der Waals surface area (Å²) < 4.78 is 26.9. The van der Waals surface area contributed by atoms with Crippen LogP contribution in [0.4, 0.5) is 5.69 Å². The minimum absolute atomic E-state index is 0.0299. The van der Waals surface area contributed by atoms with Crippen LogP contribution in [0.2, 0.25) is 5.02 Å². The van der Waals surface area contributed by atoms with Crippen LogP contribution in [0.15, 0.2) is 29.4 Å². The number of benzene rings is 1. The summed E-state index contributed by atoms with van der Waals surface area (Å²) in [7, 11) is -3.78. The Balaban J connectivity index is 2.41. The number of imidazole rings is 1. The Morgan fingerprint density at radius 1 is 1.48 bits per heavy atom. The van der Waals surface area contributed by atoms with E-state index >= 15 is 0 Å². The van der Waals surface area contributed by atoms with Gasteiger partial charge < -0.3 is 10.7 Å². The van der Waals surface area contributed by atoms with Gasteiger partial charge in [-0.1, -0.05) is 23.4 Å². The number of aryl methyl sites for hydroxylation is 1. The number of sulfonamides is 1. The molecule has 2 rings (SSSR count). The molecule has 0 saturated heterocycles. The van der Waals surface area contributed by atoms with Gasteiger partial charge in [0.05, 0.1) is 18.4 Å². The first kappa shape index (κ1) is 15.4. The number of nitrogens with zero attached hydrogens (tertiary/aromatic N) is 1. The lowest BCUT2D eigenvalue weighted by Gasteiger charge is -2.09. The van der Waals surface area contributed by atoms with E-state index < -0.39 is 10.0 Å². The number of anilines is 1. The normalized spacial score (nSPS) is 10.8. The molecule has 2 aromatic rings. The van der Waals surface area contributed by atoms with Crippen molar-refractivity contribution in [2.45, 2.75) is 11.9 Å². The van der Waals surface area contributed by atoms with Crippen LogP contribution in [0.5, 0.6) is 0 Å². The van der Waals surface area contributed by atoms with Crippen LogP contribution in [0.25, 0.3) is 0 Å². The maximum absolute atomic E-state index is 12.3. The standard InChI is InChI=1S/C13H13ClN4O2S/c1-9-16-8-13(17-9)21(19,20)18-12-7-11(14)5-4-10(12)3-2-6-15/h4-5,7-8,18H,6,15H2,1H3,(H,16,17). The van der Waals surface area contributed by atoms with Gasteiger partial charge in [0.2, 0.25) is 0 Å². The van der Waals surface area contributed by atoms with Gasteiger partial charge in [0, 0.05) is 10.6 Å². The molecule has 0 fully saturated rings. The average Bonchev–Trinajstić information content (AvgIpc) is 2.85. The van der Waals surface area contributed by atoms with Gasteiger partial charge in [0.15, 0.2) is 5.03 Å². The van der Waals surface area contributed by atoms with Gasteiger partial charge in [0.25, 0.3) is 10.0 Å². The van der Waals surface area contributed by atoms with Gasteiger partial charge in [-0.15, -0.1) is 0 Å². The van der Waals surface area contributed by atoms with Crippen molar-refractivity contribution >= 4 is 27.3 Å². The van der Waals surface area contributed by atoms with Crippen LogP contribution in [0.1, 0.15) is 11.4 Å². The summed E-state index contributed by atoms with van der Waals surface area (Å²) in [5.74, 6) is 5.97.